The van der Waals surface area contributed by atoms with Crippen LogP contribution in [0, 0.1) is 0 Å². The Morgan fingerprint density at radius 1 is 0.264 bits per heavy atom. The number of nitrogens with zero attached hydrogens (tertiary/aromatic N) is 6. The van der Waals surface area contributed by atoms with Crippen molar-refractivity contribution in [3.63, 3.8) is 0 Å². The van der Waals surface area contributed by atoms with E-state index in [1.54, 1.807) is 0 Å². The van der Waals surface area contributed by atoms with Crippen LogP contribution in [0.15, 0.2) is 324 Å². The van der Waals surface area contributed by atoms with Crippen LogP contribution < -0.4 is 60.8 Å². The summed E-state index contributed by atoms with van der Waals surface area (Å²) < 4.78 is 17.3. The molecule has 7 heterocycles. The topological polar surface area (TPSA) is 45.7 Å². The molecule has 0 fully saturated rings. The first kappa shape index (κ1) is 51.4. The summed E-state index contributed by atoms with van der Waals surface area (Å²) in [6.45, 7) is -0.588. The number of rotatable bonds is 10. The van der Waals surface area contributed by atoms with Gasteiger partial charge in [0, 0.05) is 99.5 Å². The summed E-state index contributed by atoms with van der Waals surface area (Å²) in [5.74, 6) is 1.61. The Morgan fingerprint density at radius 3 is 0.846 bits per heavy atom. The van der Waals surface area contributed by atoms with Gasteiger partial charge in [-0.3, -0.25) is 9.80 Å². The van der Waals surface area contributed by atoms with Gasteiger partial charge in [0.05, 0.1) is 22.7 Å². The molecule has 426 valence electrons. The van der Waals surface area contributed by atoms with Crippen molar-refractivity contribution in [1.82, 2.24) is 0 Å². The van der Waals surface area contributed by atoms with Crippen molar-refractivity contribution in [2.24, 2.45) is 0 Å². The fourth-order valence-corrected chi connectivity index (χ4v) is 16.4. The van der Waals surface area contributed by atoms with Crippen LogP contribution in [0.4, 0.5) is 103 Å². The summed E-state index contributed by atoms with van der Waals surface area (Å²) >= 11 is 1.94. The van der Waals surface area contributed by atoms with E-state index in [0.717, 1.165) is 136 Å². The molecular formula is C80H52B2N6O2S. The van der Waals surface area contributed by atoms with Crippen LogP contribution in [0.25, 0.3) is 21.9 Å². The highest BCUT2D eigenvalue weighted by atomic mass is 32.1. The summed E-state index contributed by atoms with van der Waals surface area (Å²) in [4.78, 5) is 14.8. The Morgan fingerprint density at radius 2 is 0.527 bits per heavy atom. The minimum absolute atomic E-state index is 0.294. The molecule has 4 aliphatic heterocycles. The van der Waals surface area contributed by atoms with Crippen LogP contribution in [0.2, 0.25) is 0 Å². The highest BCUT2D eigenvalue weighted by Gasteiger charge is 2.54. The van der Waals surface area contributed by atoms with E-state index < -0.39 is 0 Å². The third-order valence-corrected chi connectivity index (χ3v) is 19.8. The maximum absolute atomic E-state index is 7.43. The third-order valence-electron chi connectivity index (χ3n) is 18.5. The Hall–Kier alpha value is -11.7. The maximum atomic E-state index is 7.43. The normalized spacial score (nSPS) is 13.1. The van der Waals surface area contributed by atoms with E-state index in [9.17, 15) is 0 Å². The molecule has 0 saturated carbocycles. The molecule has 19 rings (SSSR count). The lowest BCUT2D eigenvalue weighted by Gasteiger charge is -2.45. The molecule has 3 aromatic heterocycles. The second-order valence-corrected chi connectivity index (χ2v) is 24.6. The van der Waals surface area contributed by atoms with Gasteiger partial charge in [-0.05, 0) is 144 Å². The molecule has 12 aromatic carbocycles. The molecule has 91 heavy (non-hydrogen) atoms. The van der Waals surface area contributed by atoms with Crippen molar-refractivity contribution in [1.29, 1.82) is 0 Å². The first-order chi connectivity index (χ1) is 45.2. The lowest BCUT2D eigenvalue weighted by Crippen LogP contribution is -2.60. The number of fused-ring (bicyclic) bond motifs is 13. The second kappa shape index (κ2) is 20.5. The highest BCUT2D eigenvalue weighted by Crippen LogP contribution is 2.56. The smallest absolute Gasteiger partial charge is 0.269 e. The molecule has 8 nitrogen and oxygen atoms in total. The van der Waals surface area contributed by atoms with Crippen molar-refractivity contribution in [2.45, 2.75) is 0 Å². The number of para-hydroxylation sites is 10. The van der Waals surface area contributed by atoms with E-state index in [1.807, 2.05) is 11.3 Å². The number of anilines is 18. The molecule has 11 heteroatoms. The first-order valence-electron chi connectivity index (χ1n) is 31.0. The molecule has 0 unspecified atom stereocenters. The zero-order valence-corrected chi connectivity index (χ0v) is 49.9. The van der Waals surface area contributed by atoms with Gasteiger partial charge in [-0.25, -0.2) is 0 Å². The predicted molar refractivity (Wildman–Crippen MR) is 381 cm³/mol. The van der Waals surface area contributed by atoms with E-state index in [0.29, 0.717) is 0 Å². The van der Waals surface area contributed by atoms with E-state index >= 15 is 0 Å². The van der Waals surface area contributed by atoms with Gasteiger partial charge in [-0.1, -0.05) is 182 Å². The maximum Gasteiger partial charge on any atom is 0.269 e. The van der Waals surface area contributed by atoms with Gasteiger partial charge in [0.1, 0.15) is 11.2 Å². The monoisotopic (exact) mass is 1180 g/mol. The lowest BCUT2D eigenvalue weighted by atomic mass is 9.35. The van der Waals surface area contributed by atoms with Gasteiger partial charge in [-0.15, -0.1) is 0 Å². The lowest BCUT2D eigenvalue weighted by molar-refractivity contribution is 0.622. The van der Waals surface area contributed by atoms with Crippen LogP contribution in [-0.2, 0) is 0 Å². The van der Waals surface area contributed by atoms with Crippen molar-refractivity contribution in [2.75, 3.05) is 29.4 Å². The molecule has 0 N–H and O–H groups in total. The summed E-state index contributed by atoms with van der Waals surface area (Å²) in [7, 11) is 0. The first-order valence-corrected chi connectivity index (χ1v) is 31.8. The van der Waals surface area contributed by atoms with E-state index in [-0.39, 0.29) is 13.4 Å². The molecule has 0 amide bonds. The summed E-state index contributed by atoms with van der Waals surface area (Å²) in [5, 5.41) is 2.17. The summed E-state index contributed by atoms with van der Waals surface area (Å²) in [5.41, 5.74) is 23.1. The van der Waals surface area contributed by atoms with Gasteiger partial charge >= 0.3 is 0 Å². The number of hydrogen-bond donors (Lipinski definition) is 0. The Bertz CT molecular complexity index is 4880. The number of thiophene rings is 1. The van der Waals surface area contributed by atoms with E-state index in [4.69, 9.17) is 8.83 Å². The van der Waals surface area contributed by atoms with Crippen LogP contribution >= 0.6 is 11.3 Å². The second-order valence-electron chi connectivity index (χ2n) is 23.5. The average Bonchev–Trinajstić information content (AvgIpc) is 1.57. The van der Waals surface area contributed by atoms with Gasteiger partial charge in [0.25, 0.3) is 13.4 Å². The van der Waals surface area contributed by atoms with Crippen molar-refractivity contribution in [3.05, 3.63) is 315 Å². The van der Waals surface area contributed by atoms with Crippen molar-refractivity contribution < 1.29 is 8.83 Å². The zero-order valence-electron chi connectivity index (χ0n) is 49.1. The SMILES string of the molecule is c1ccc(N(c2ccccc2)c2cc3c4c(c2)N(c2ccccc2)c2c(sc5c2N(c2ccccc2)c2cc(N(c6ccccc6)c6ccccc6)cc6c2B5c2c(oc5ccccc25)N6c2ccccc2)B4c2c(oc4ccccc24)N3c2ccccc2)cc1. The van der Waals surface area contributed by atoms with Gasteiger partial charge < -0.3 is 28.4 Å². The van der Waals surface area contributed by atoms with E-state index in [2.05, 4.69) is 345 Å². The van der Waals surface area contributed by atoms with Crippen LogP contribution in [0.1, 0.15) is 0 Å². The standard InChI is InChI=1S/C80H52B2N6O2S/c1-9-29-53(30-10-1)83(54-31-11-2-12-32-54)61-49-65-73-67(51-61)87(59-41-21-7-22-42-59)79-71(63-45-25-27-47-69(63)89-79)81(73)77-75(85(65)57-37-17-5-18-38-57)76-78(91-77)82-72-64-46-26-28-48-70(64)90-80(72)88(60-43-23-8-24-44-60)68-52-62(50-66(74(68)82)86(76)58-39-19-6-20-40-58)84(55-33-13-3-14-34-55)56-35-15-4-16-36-56/h1-52H. The molecule has 0 aliphatic carbocycles. The molecule has 0 radical (unpaired) electrons. The summed E-state index contributed by atoms with van der Waals surface area (Å²) in [6, 6.07) is 114. The van der Waals surface area contributed by atoms with Crippen molar-refractivity contribution >= 4 is 181 Å². The summed E-state index contributed by atoms with van der Waals surface area (Å²) in [6.07, 6.45) is 0. The van der Waals surface area contributed by atoms with E-state index in [1.165, 1.54) is 20.5 Å². The number of hydrogen-bond acceptors (Lipinski definition) is 9. The third kappa shape index (κ3) is 7.78. The predicted octanol–water partition coefficient (Wildman–Crippen LogP) is 18.3. The van der Waals surface area contributed by atoms with Crippen LogP contribution in [0.3, 0.4) is 0 Å². The van der Waals surface area contributed by atoms with Gasteiger partial charge in [-0.2, -0.15) is 11.3 Å². The quantitative estimate of drug-likeness (QED) is 0.126. The molecule has 0 atom stereocenters. The van der Waals surface area contributed by atoms with Crippen LogP contribution in [-0.4, -0.2) is 13.4 Å². The molecule has 4 aliphatic rings. The Balaban J connectivity index is 0.986. The zero-order chi connectivity index (χ0) is 59.7. The Kier molecular flexibility index (Phi) is 11.6. The molecular weight excluding hydrogens is 1130 g/mol. The molecule has 0 saturated heterocycles. The van der Waals surface area contributed by atoms with Crippen molar-refractivity contribution in [3.8, 4) is 0 Å². The Labute approximate surface area is 531 Å². The van der Waals surface area contributed by atoms with Gasteiger partial charge in [0.2, 0.25) is 11.8 Å². The number of benzene rings is 12. The molecule has 0 bridgehead atoms. The number of furan rings is 2. The van der Waals surface area contributed by atoms with Crippen LogP contribution in [0.5, 0.6) is 0 Å². The molecule has 0 spiro atoms. The average molecular weight is 1180 g/mol. The minimum Gasteiger partial charge on any atom is -0.440 e. The highest BCUT2D eigenvalue weighted by molar-refractivity contribution is 7.39. The van der Waals surface area contributed by atoms with Gasteiger partial charge in [0.15, 0.2) is 0 Å². The largest absolute Gasteiger partial charge is 0.440 e. The fraction of sp³-hybridized carbons (Fsp3) is 0. The molecule has 15 aromatic rings. The minimum atomic E-state index is -0.294. The fourth-order valence-electron chi connectivity index (χ4n) is 14.9.